The van der Waals surface area contributed by atoms with Crippen LogP contribution >= 0.6 is 0 Å². The molecule has 428 valence electrons. The van der Waals surface area contributed by atoms with E-state index in [2.05, 4.69) is 25.8 Å². The van der Waals surface area contributed by atoms with Gasteiger partial charge in [-0.15, -0.1) is 0 Å². The number of carboxylic acid groups (broad SMARTS) is 2. The third kappa shape index (κ3) is 46.0. The number of carbonyl (C=O) groups excluding carboxylic acids is 6. The fourth-order valence-corrected chi connectivity index (χ4v) is 5.10. The number of esters is 1. The summed E-state index contributed by atoms with van der Waals surface area (Å²) in [6.07, 6.45) is -29.9. The Labute approximate surface area is 406 Å². The summed E-state index contributed by atoms with van der Waals surface area (Å²) in [5.41, 5.74) is 2.74. The molecule has 2 aliphatic heterocycles. The van der Waals surface area contributed by atoms with Crippen LogP contribution < -0.4 is 32.3 Å². The van der Waals surface area contributed by atoms with E-state index < -0.39 is 147 Å². The minimum atomic E-state index is -4.69. The van der Waals surface area contributed by atoms with Gasteiger partial charge in [0.25, 0.3) is 0 Å². The molecular formula is C39H59F15N6O13. The van der Waals surface area contributed by atoms with Crippen molar-refractivity contribution in [3.63, 3.8) is 0 Å². The van der Waals surface area contributed by atoms with Gasteiger partial charge in [-0.2, -0.15) is 65.9 Å². The van der Waals surface area contributed by atoms with Gasteiger partial charge < -0.3 is 56.7 Å². The second-order valence-corrected chi connectivity index (χ2v) is 17.4. The zero-order valence-electron chi connectivity index (χ0n) is 40.0. The first-order valence-corrected chi connectivity index (χ1v) is 20.9. The predicted octanol–water partition coefficient (Wildman–Crippen LogP) is 5.97. The van der Waals surface area contributed by atoms with Crippen LogP contribution in [-0.4, -0.2) is 151 Å². The molecule has 19 nitrogen and oxygen atoms in total. The quantitative estimate of drug-likeness (QED) is 0.0635. The molecule has 73 heavy (non-hydrogen) atoms. The highest BCUT2D eigenvalue weighted by Crippen LogP contribution is 2.29. The number of rotatable bonds is 12. The minimum absolute atomic E-state index is 0.146. The van der Waals surface area contributed by atoms with Crippen molar-refractivity contribution in [3.8, 4) is 0 Å². The predicted molar refractivity (Wildman–Crippen MR) is 220 cm³/mol. The van der Waals surface area contributed by atoms with Crippen molar-refractivity contribution >= 4 is 47.7 Å². The summed E-state index contributed by atoms with van der Waals surface area (Å²) in [6.45, 7) is 9.71. The zero-order valence-corrected chi connectivity index (χ0v) is 40.0. The first kappa shape index (κ1) is 71.7. The van der Waals surface area contributed by atoms with Gasteiger partial charge in [0.05, 0.1) is 45.3 Å². The molecule has 2 saturated heterocycles. The molecule has 5 unspecified atom stereocenters. The number of hydrogen-bond donors (Lipinski definition) is 8. The van der Waals surface area contributed by atoms with Crippen LogP contribution in [0.15, 0.2) is 0 Å². The average molecular weight is 1100 g/mol. The number of aliphatic carboxylic acids is 2. The largest absolute Gasteiger partial charge is 0.480 e. The average Bonchev–Trinajstić information content (AvgIpc) is 3.14. The van der Waals surface area contributed by atoms with Crippen molar-refractivity contribution in [3.05, 3.63) is 0 Å². The fraction of sp³-hybridized carbons (Fsp3) is 0.795. The summed E-state index contributed by atoms with van der Waals surface area (Å²) in [5, 5.41) is 26.9. The second kappa shape index (κ2) is 31.2. The lowest BCUT2D eigenvalue weighted by molar-refractivity contribution is -0.158. The Morgan fingerprint density at radius 3 is 1.45 bits per heavy atom. The van der Waals surface area contributed by atoms with Gasteiger partial charge in [0, 0.05) is 12.8 Å². The number of alkyl halides is 15. The molecule has 4 amide bonds. The molecule has 2 aliphatic rings. The monoisotopic (exact) mass is 1100 g/mol. The van der Waals surface area contributed by atoms with Crippen LogP contribution in [0.4, 0.5) is 75.4 Å². The summed E-state index contributed by atoms with van der Waals surface area (Å²) in [7, 11) is 1.06. The van der Waals surface area contributed by atoms with Gasteiger partial charge in [0.15, 0.2) is 5.78 Å². The first-order valence-electron chi connectivity index (χ1n) is 20.9. The molecule has 0 aromatic heterocycles. The van der Waals surface area contributed by atoms with Crippen LogP contribution in [0.5, 0.6) is 0 Å². The van der Waals surface area contributed by atoms with Crippen molar-refractivity contribution in [2.75, 3.05) is 33.3 Å². The molecular weight excluding hydrogens is 1050 g/mol. The number of ether oxygens (including phenoxy) is 3. The highest BCUT2D eigenvalue weighted by molar-refractivity contribution is 5.94. The van der Waals surface area contributed by atoms with E-state index in [9.17, 15) is 104 Å². The number of Topliss-reactive ketones (excluding diaryl/α,β-unsaturated/α-hetero) is 1. The van der Waals surface area contributed by atoms with Gasteiger partial charge in [-0.3, -0.25) is 24.0 Å². The Kier molecular flexibility index (Phi) is 30.7. The van der Waals surface area contributed by atoms with Crippen LogP contribution in [0, 0.1) is 11.8 Å². The van der Waals surface area contributed by atoms with Crippen molar-refractivity contribution in [2.45, 2.75) is 153 Å². The van der Waals surface area contributed by atoms with Crippen LogP contribution in [0.25, 0.3) is 0 Å². The van der Waals surface area contributed by atoms with Gasteiger partial charge >= 0.3 is 61.0 Å². The number of carbonyl (C=O) groups is 8. The molecule has 0 aromatic rings. The zero-order chi connectivity index (χ0) is 58.1. The van der Waals surface area contributed by atoms with E-state index in [0.717, 1.165) is 20.1 Å². The molecule has 0 saturated carbocycles. The Hall–Kier alpha value is -5.57. The Morgan fingerprint density at radius 1 is 0.671 bits per heavy atom. The van der Waals surface area contributed by atoms with Crippen LogP contribution in [0.3, 0.4) is 0 Å². The molecule has 0 aliphatic carbocycles. The number of alkyl carbamates (subject to hydrolysis) is 2. The number of methoxy groups -OCH3 is 1. The third-order valence-corrected chi connectivity index (χ3v) is 7.97. The van der Waals surface area contributed by atoms with Crippen molar-refractivity contribution in [1.29, 1.82) is 0 Å². The van der Waals surface area contributed by atoms with Crippen molar-refractivity contribution < 1.29 is 129 Å². The van der Waals surface area contributed by atoms with E-state index in [-0.39, 0.29) is 24.7 Å². The summed E-state index contributed by atoms with van der Waals surface area (Å²) in [6, 6.07) is -5.82. The van der Waals surface area contributed by atoms with Gasteiger partial charge in [0.2, 0.25) is 11.8 Å². The minimum Gasteiger partial charge on any atom is -0.480 e. The number of nitrogens with one attached hydrogen (secondary N) is 5. The lowest BCUT2D eigenvalue weighted by atomic mass is 9.94. The first-order chi connectivity index (χ1) is 32.5. The molecule has 2 heterocycles. The lowest BCUT2D eigenvalue weighted by Crippen LogP contribution is -2.50. The molecule has 9 N–H and O–H groups in total. The standard InChI is InChI=1S/C12H19F3N2O5.C9H14F3NO4.C7H8F3NO2.C7H12F3N.C4H6F3NO2/c1-11(2,3)22-10(20)17-7(5-12(13,14)15)9(19)16-6-8(18)21-4;1-8(2,3)17-7(16)13-5(6(14)15)4-9(10,11)12;8-7(9,10)2-4-1-5(12)3-11-6(4)13;8-7(9,10)4-6-2-1-3-11-5-6;5-4(6,7)1-2(8)3(9)10/h7H,5-6H2,1-4H3,(H,16,19)(H,17,20);5H,4H2,1-3H3,(H,13,16)(H,14,15);4H,1-3H2,(H,11,13);6,11H,1-5H2;2H,1,8H2,(H,9,10). The summed E-state index contributed by atoms with van der Waals surface area (Å²) >= 11 is 0. The van der Waals surface area contributed by atoms with E-state index in [1.807, 2.05) is 10.6 Å². The number of hydrogen-bond acceptors (Lipinski definition) is 13. The maximum atomic E-state index is 12.5. The van der Waals surface area contributed by atoms with Crippen molar-refractivity contribution in [2.24, 2.45) is 17.6 Å². The molecule has 34 heteroatoms. The molecule has 0 aromatic carbocycles. The number of carboxylic acids is 2. The highest BCUT2D eigenvalue weighted by Gasteiger charge is 2.40. The summed E-state index contributed by atoms with van der Waals surface area (Å²) < 4.78 is 192. The van der Waals surface area contributed by atoms with E-state index in [0.29, 0.717) is 13.0 Å². The van der Waals surface area contributed by atoms with E-state index in [1.54, 1.807) is 5.32 Å². The SMILES string of the molecule is CC(C)(C)OC(=O)NC(CC(F)(F)F)C(=O)O.COC(=O)CNC(=O)C(CC(F)(F)F)NC(=O)OC(C)(C)C.FC(F)(F)CC1CCCNC1.NC(CC(F)(F)F)C(=O)O.O=C1CNC(=O)C(CC(F)(F)F)C1. The van der Waals surface area contributed by atoms with Crippen LogP contribution in [0.2, 0.25) is 0 Å². The van der Waals surface area contributed by atoms with E-state index in [4.69, 9.17) is 14.9 Å². The maximum Gasteiger partial charge on any atom is 0.408 e. The Balaban J connectivity index is -0.000000864. The maximum absolute atomic E-state index is 12.5. The Bertz CT molecular complexity index is 1760. The summed E-state index contributed by atoms with van der Waals surface area (Å²) in [5.74, 6) is -7.88. The smallest absolute Gasteiger partial charge is 0.408 e. The fourth-order valence-electron chi connectivity index (χ4n) is 5.10. The second-order valence-electron chi connectivity index (χ2n) is 17.4. The van der Waals surface area contributed by atoms with Crippen molar-refractivity contribution in [1.82, 2.24) is 26.6 Å². The van der Waals surface area contributed by atoms with Gasteiger partial charge in [-0.25, -0.2) is 14.4 Å². The third-order valence-electron chi connectivity index (χ3n) is 7.97. The lowest BCUT2D eigenvalue weighted by Gasteiger charge is -2.23. The topological polar surface area (TPSA) is 291 Å². The van der Waals surface area contributed by atoms with Gasteiger partial charge in [-0.05, 0) is 73.4 Å². The molecule has 0 spiro atoms. The Morgan fingerprint density at radius 2 is 1.11 bits per heavy atom. The molecule has 2 fully saturated rings. The van der Waals surface area contributed by atoms with Crippen LogP contribution in [-0.2, 0) is 43.0 Å². The molecule has 0 radical (unpaired) electrons. The van der Waals surface area contributed by atoms with E-state index in [1.165, 1.54) is 41.5 Å². The number of piperidine rings is 2. The molecule has 5 atom stereocenters. The number of ketones is 1. The van der Waals surface area contributed by atoms with E-state index >= 15 is 0 Å². The van der Waals surface area contributed by atoms with Gasteiger partial charge in [0.1, 0.15) is 35.9 Å². The molecule has 2 rings (SSSR count). The highest BCUT2D eigenvalue weighted by atomic mass is 19.4. The number of halogens is 15. The van der Waals surface area contributed by atoms with Gasteiger partial charge in [-0.1, -0.05) is 0 Å². The van der Waals surface area contributed by atoms with Crippen LogP contribution in [0.1, 0.15) is 92.9 Å². The number of nitrogens with two attached hydrogens (primary N) is 1. The summed E-state index contributed by atoms with van der Waals surface area (Å²) in [4.78, 5) is 86.9. The number of amides is 4. The molecule has 0 bridgehead atoms. The normalized spacial score (nSPS) is 17.6.